The second-order valence-electron chi connectivity index (χ2n) is 3.15. The molecule has 0 atom stereocenters. The van der Waals surface area contributed by atoms with Crippen LogP contribution in [0.3, 0.4) is 0 Å². The third-order valence-electron chi connectivity index (χ3n) is 1.98. The molecule has 1 aromatic rings. The van der Waals surface area contributed by atoms with Crippen molar-refractivity contribution in [3.05, 3.63) is 33.3 Å². The van der Waals surface area contributed by atoms with E-state index in [0.717, 1.165) is 5.56 Å². The number of carbonyl (C=O) groups is 1. The fourth-order valence-electron chi connectivity index (χ4n) is 1.26. The largest absolute Gasteiger partial charge is 0.466 e. The predicted octanol–water partition coefficient (Wildman–Crippen LogP) is 3.99. The normalized spacial score (nSPS) is 10.2. The number of hydrogen-bond donors (Lipinski definition) is 0. The van der Waals surface area contributed by atoms with E-state index in [1.54, 1.807) is 19.1 Å². The van der Waals surface area contributed by atoms with E-state index in [9.17, 15) is 4.79 Å². The minimum atomic E-state index is -0.321. The Morgan fingerprint density at radius 3 is 2.38 bits per heavy atom. The summed E-state index contributed by atoms with van der Waals surface area (Å²) < 4.78 is 4.85. The van der Waals surface area contributed by atoms with Crippen molar-refractivity contribution in [3.8, 4) is 0 Å². The van der Waals surface area contributed by atoms with Crippen LogP contribution in [0.15, 0.2) is 12.1 Å². The highest BCUT2D eigenvalue weighted by Crippen LogP contribution is 2.28. The molecule has 0 bridgehead atoms. The van der Waals surface area contributed by atoms with Gasteiger partial charge in [0.2, 0.25) is 0 Å². The maximum atomic E-state index is 11.3. The summed E-state index contributed by atoms with van der Waals surface area (Å²) in [5.41, 5.74) is 1.59. The van der Waals surface area contributed by atoms with Crippen molar-refractivity contribution in [2.75, 3.05) is 6.61 Å². The lowest BCUT2D eigenvalue weighted by atomic mass is 10.1. The van der Waals surface area contributed by atoms with Crippen molar-refractivity contribution in [1.82, 2.24) is 0 Å². The summed E-state index contributed by atoms with van der Waals surface area (Å²) in [6.45, 7) is 2.11. The SMILES string of the molecule is CCOC(=O)Cc1c(Cl)cc(CBr)cc1Cl. The summed E-state index contributed by atoms with van der Waals surface area (Å²) in [7, 11) is 0. The first-order valence-electron chi connectivity index (χ1n) is 4.76. The molecular weight excluding hydrogens is 315 g/mol. The van der Waals surface area contributed by atoms with Crippen molar-refractivity contribution >= 4 is 45.1 Å². The van der Waals surface area contributed by atoms with E-state index in [-0.39, 0.29) is 12.4 Å². The number of hydrogen-bond acceptors (Lipinski definition) is 2. The van der Waals surface area contributed by atoms with Crippen LogP contribution in [0, 0.1) is 0 Å². The minimum Gasteiger partial charge on any atom is -0.466 e. The van der Waals surface area contributed by atoms with E-state index in [2.05, 4.69) is 15.9 Å². The van der Waals surface area contributed by atoms with Gasteiger partial charge >= 0.3 is 5.97 Å². The number of halogens is 3. The summed E-state index contributed by atoms with van der Waals surface area (Å²) in [5.74, 6) is -0.321. The zero-order valence-electron chi connectivity index (χ0n) is 8.73. The van der Waals surface area contributed by atoms with Gasteiger partial charge in [0.1, 0.15) is 0 Å². The molecule has 88 valence electrons. The van der Waals surface area contributed by atoms with E-state index < -0.39 is 0 Å². The molecule has 0 saturated carbocycles. The standard InChI is InChI=1S/C11H11BrCl2O2/c1-2-16-11(15)5-8-9(13)3-7(6-12)4-10(8)14/h3-4H,2,5-6H2,1H3. The van der Waals surface area contributed by atoms with Gasteiger partial charge < -0.3 is 4.74 Å². The molecule has 0 unspecified atom stereocenters. The molecule has 0 radical (unpaired) electrons. The molecule has 0 fully saturated rings. The van der Waals surface area contributed by atoms with Crippen LogP contribution >= 0.6 is 39.1 Å². The van der Waals surface area contributed by atoms with Gasteiger partial charge in [-0.15, -0.1) is 0 Å². The second-order valence-corrected chi connectivity index (χ2v) is 4.53. The van der Waals surface area contributed by atoms with E-state index in [1.807, 2.05) is 0 Å². The van der Waals surface area contributed by atoms with E-state index in [0.29, 0.717) is 27.5 Å². The lowest BCUT2D eigenvalue weighted by Gasteiger charge is -2.08. The van der Waals surface area contributed by atoms with Crippen molar-refractivity contribution in [1.29, 1.82) is 0 Å². The predicted molar refractivity (Wildman–Crippen MR) is 69.4 cm³/mol. The Kier molecular flexibility index (Phi) is 5.59. The molecule has 1 rings (SSSR count). The number of rotatable bonds is 4. The monoisotopic (exact) mass is 324 g/mol. The van der Waals surface area contributed by atoms with Crippen LogP contribution in [0.5, 0.6) is 0 Å². The van der Waals surface area contributed by atoms with Crippen LogP contribution < -0.4 is 0 Å². The molecule has 16 heavy (non-hydrogen) atoms. The Morgan fingerprint density at radius 1 is 1.38 bits per heavy atom. The Hall–Kier alpha value is -0.250. The first-order chi connectivity index (χ1) is 7.58. The van der Waals surface area contributed by atoms with Crippen LogP contribution in [0.2, 0.25) is 10.0 Å². The number of benzene rings is 1. The van der Waals surface area contributed by atoms with Gasteiger partial charge in [-0.3, -0.25) is 4.79 Å². The third-order valence-corrected chi connectivity index (χ3v) is 3.30. The van der Waals surface area contributed by atoms with E-state index in [1.165, 1.54) is 0 Å². The molecule has 0 heterocycles. The van der Waals surface area contributed by atoms with Crippen molar-refractivity contribution in [2.24, 2.45) is 0 Å². The Balaban J connectivity index is 2.92. The van der Waals surface area contributed by atoms with Crippen LogP contribution in [0.25, 0.3) is 0 Å². The van der Waals surface area contributed by atoms with Crippen LogP contribution in [0.4, 0.5) is 0 Å². The van der Waals surface area contributed by atoms with Gasteiger partial charge in [0.25, 0.3) is 0 Å². The zero-order valence-corrected chi connectivity index (χ0v) is 11.8. The quantitative estimate of drug-likeness (QED) is 0.618. The molecule has 0 aliphatic carbocycles. The first-order valence-corrected chi connectivity index (χ1v) is 6.64. The number of ether oxygens (including phenoxy) is 1. The lowest BCUT2D eigenvalue weighted by molar-refractivity contribution is -0.142. The molecule has 1 aromatic carbocycles. The van der Waals surface area contributed by atoms with Crippen LogP contribution in [-0.2, 0) is 21.3 Å². The van der Waals surface area contributed by atoms with Gasteiger partial charge in [0.15, 0.2) is 0 Å². The summed E-state index contributed by atoms with van der Waals surface area (Å²) >= 11 is 15.4. The van der Waals surface area contributed by atoms with Crippen molar-refractivity contribution in [2.45, 2.75) is 18.7 Å². The maximum Gasteiger partial charge on any atom is 0.310 e. The molecule has 0 aliphatic heterocycles. The molecule has 0 spiro atoms. The molecule has 0 N–H and O–H groups in total. The Morgan fingerprint density at radius 2 is 1.94 bits per heavy atom. The Bertz CT molecular complexity index is 371. The van der Waals surface area contributed by atoms with Gasteiger partial charge in [-0.2, -0.15) is 0 Å². The van der Waals surface area contributed by atoms with E-state index in [4.69, 9.17) is 27.9 Å². The highest BCUT2D eigenvalue weighted by molar-refractivity contribution is 9.08. The summed E-state index contributed by atoms with van der Waals surface area (Å²) in [5, 5.41) is 1.66. The Labute approximate surface area is 113 Å². The summed E-state index contributed by atoms with van der Waals surface area (Å²) in [6, 6.07) is 3.58. The highest BCUT2D eigenvalue weighted by Gasteiger charge is 2.12. The van der Waals surface area contributed by atoms with Gasteiger partial charge in [0.05, 0.1) is 13.0 Å². The fourth-order valence-corrected chi connectivity index (χ4v) is 2.25. The summed E-state index contributed by atoms with van der Waals surface area (Å²) in [6.07, 6.45) is 0.105. The van der Waals surface area contributed by atoms with Gasteiger partial charge in [-0.25, -0.2) is 0 Å². The molecule has 5 heteroatoms. The molecule has 0 aromatic heterocycles. The topological polar surface area (TPSA) is 26.3 Å². The smallest absolute Gasteiger partial charge is 0.310 e. The van der Waals surface area contributed by atoms with Crippen LogP contribution in [0.1, 0.15) is 18.1 Å². The number of esters is 1. The zero-order chi connectivity index (χ0) is 12.1. The minimum absolute atomic E-state index is 0.105. The first kappa shape index (κ1) is 13.8. The molecular formula is C11H11BrCl2O2. The maximum absolute atomic E-state index is 11.3. The molecule has 0 amide bonds. The van der Waals surface area contributed by atoms with Crippen molar-refractivity contribution < 1.29 is 9.53 Å². The average Bonchev–Trinajstić information content (AvgIpc) is 2.23. The number of alkyl halides is 1. The van der Waals surface area contributed by atoms with E-state index >= 15 is 0 Å². The van der Waals surface area contributed by atoms with Gasteiger partial charge in [0, 0.05) is 20.9 Å². The molecule has 0 saturated heterocycles. The second kappa shape index (κ2) is 6.48. The third kappa shape index (κ3) is 3.65. The average molecular weight is 326 g/mol. The highest BCUT2D eigenvalue weighted by atomic mass is 79.9. The summed E-state index contributed by atoms with van der Waals surface area (Å²) in [4.78, 5) is 11.3. The van der Waals surface area contributed by atoms with Gasteiger partial charge in [-0.1, -0.05) is 39.1 Å². The van der Waals surface area contributed by atoms with Crippen molar-refractivity contribution in [3.63, 3.8) is 0 Å². The fraction of sp³-hybridized carbons (Fsp3) is 0.364. The lowest BCUT2D eigenvalue weighted by Crippen LogP contribution is -2.08. The molecule has 0 aliphatic rings. The molecule has 2 nitrogen and oxygen atoms in total. The van der Waals surface area contributed by atoms with Gasteiger partial charge in [-0.05, 0) is 24.6 Å². The van der Waals surface area contributed by atoms with Crippen LogP contribution in [-0.4, -0.2) is 12.6 Å². The number of carbonyl (C=O) groups excluding carboxylic acids is 1.